The SMILES string of the molecule is O=C(Cc1cccc(Br)c1)Cc1cccc2ccccc12. The Balaban J connectivity index is 1.80. The summed E-state index contributed by atoms with van der Waals surface area (Å²) < 4.78 is 1.01. The van der Waals surface area contributed by atoms with Crippen molar-refractivity contribution in [3.63, 3.8) is 0 Å². The summed E-state index contributed by atoms with van der Waals surface area (Å²) in [5.74, 6) is 0.240. The Morgan fingerprint density at radius 3 is 2.48 bits per heavy atom. The molecule has 0 aliphatic carbocycles. The third-order valence-corrected chi connectivity index (χ3v) is 4.05. The minimum absolute atomic E-state index is 0.240. The largest absolute Gasteiger partial charge is 0.299 e. The third kappa shape index (κ3) is 3.40. The highest BCUT2D eigenvalue weighted by Crippen LogP contribution is 2.20. The minimum atomic E-state index is 0.240. The van der Waals surface area contributed by atoms with E-state index >= 15 is 0 Å². The highest BCUT2D eigenvalue weighted by molar-refractivity contribution is 9.10. The summed E-state index contributed by atoms with van der Waals surface area (Å²) in [6, 6.07) is 22.3. The lowest BCUT2D eigenvalue weighted by molar-refractivity contribution is -0.117. The van der Waals surface area contributed by atoms with Crippen LogP contribution in [0.1, 0.15) is 11.1 Å². The number of fused-ring (bicyclic) bond motifs is 1. The van der Waals surface area contributed by atoms with E-state index in [4.69, 9.17) is 0 Å². The van der Waals surface area contributed by atoms with E-state index < -0.39 is 0 Å². The van der Waals surface area contributed by atoms with Gasteiger partial charge in [0.25, 0.3) is 0 Å². The fourth-order valence-corrected chi connectivity index (χ4v) is 3.04. The molecule has 2 heteroatoms. The first-order valence-electron chi connectivity index (χ1n) is 6.95. The molecule has 0 radical (unpaired) electrons. The van der Waals surface area contributed by atoms with Gasteiger partial charge < -0.3 is 0 Å². The Hall–Kier alpha value is -1.93. The molecule has 0 saturated heterocycles. The Morgan fingerprint density at radius 1 is 0.857 bits per heavy atom. The number of Topliss-reactive ketones (excluding diaryl/α,β-unsaturated/α-hetero) is 1. The molecule has 21 heavy (non-hydrogen) atoms. The van der Waals surface area contributed by atoms with E-state index in [1.54, 1.807) is 0 Å². The van der Waals surface area contributed by atoms with E-state index in [-0.39, 0.29) is 5.78 Å². The van der Waals surface area contributed by atoms with Crippen molar-refractivity contribution in [1.82, 2.24) is 0 Å². The Morgan fingerprint density at radius 2 is 1.62 bits per heavy atom. The van der Waals surface area contributed by atoms with Gasteiger partial charge in [-0.25, -0.2) is 0 Å². The summed E-state index contributed by atoms with van der Waals surface area (Å²) in [5.41, 5.74) is 2.16. The van der Waals surface area contributed by atoms with Crippen LogP contribution >= 0.6 is 15.9 Å². The maximum Gasteiger partial charge on any atom is 0.141 e. The van der Waals surface area contributed by atoms with Crippen LogP contribution in [-0.2, 0) is 17.6 Å². The Kier molecular flexibility index (Phi) is 4.16. The monoisotopic (exact) mass is 338 g/mol. The molecule has 0 heterocycles. The lowest BCUT2D eigenvalue weighted by Gasteiger charge is -2.06. The maximum absolute atomic E-state index is 12.3. The number of carbonyl (C=O) groups is 1. The predicted molar refractivity (Wildman–Crippen MR) is 90.5 cm³/mol. The molecule has 0 amide bonds. The van der Waals surface area contributed by atoms with E-state index in [1.807, 2.05) is 48.5 Å². The third-order valence-electron chi connectivity index (χ3n) is 3.56. The van der Waals surface area contributed by atoms with Gasteiger partial charge in [0.15, 0.2) is 0 Å². The molecular weight excluding hydrogens is 324 g/mol. The summed E-state index contributed by atoms with van der Waals surface area (Å²) in [4.78, 5) is 12.3. The van der Waals surface area contributed by atoms with Crippen LogP contribution in [0, 0.1) is 0 Å². The normalized spacial score (nSPS) is 10.7. The molecule has 0 fully saturated rings. The first kappa shape index (κ1) is 14.0. The number of rotatable bonds is 4. The summed E-state index contributed by atoms with van der Waals surface area (Å²) in [6.07, 6.45) is 0.955. The van der Waals surface area contributed by atoms with Crippen LogP contribution in [0.5, 0.6) is 0 Å². The summed E-state index contributed by atoms with van der Waals surface area (Å²) in [5, 5.41) is 2.35. The van der Waals surface area contributed by atoms with Crippen LogP contribution in [0.3, 0.4) is 0 Å². The summed E-state index contributed by atoms with van der Waals surface area (Å²) in [7, 11) is 0. The van der Waals surface area contributed by atoms with Crippen LogP contribution < -0.4 is 0 Å². The lowest BCUT2D eigenvalue weighted by atomic mass is 9.98. The van der Waals surface area contributed by atoms with E-state index in [1.165, 1.54) is 10.8 Å². The number of halogens is 1. The van der Waals surface area contributed by atoms with Crippen molar-refractivity contribution >= 4 is 32.5 Å². The molecule has 0 bridgehead atoms. The van der Waals surface area contributed by atoms with Crippen molar-refractivity contribution in [2.45, 2.75) is 12.8 Å². The first-order valence-corrected chi connectivity index (χ1v) is 7.74. The van der Waals surface area contributed by atoms with Crippen LogP contribution in [0.25, 0.3) is 10.8 Å². The van der Waals surface area contributed by atoms with Crippen LogP contribution in [-0.4, -0.2) is 5.78 Å². The quantitative estimate of drug-likeness (QED) is 0.657. The molecule has 0 atom stereocenters. The van der Waals surface area contributed by atoms with E-state index in [2.05, 4.69) is 34.1 Å². The second-order valence-corrected chi connectivity index (χ2v) is 6.08. The van der Waals surface area contributed by atoms with Crippen LogP contribution in [0.4, 0.5) is 0 Å². The number of carbonyl (C=O) groups excluding carboxylic acids is 1. The zero-order valence-electron chi connectivity index (χ0n) is 11.6. The molecule has 1 nitrogen and oxygen atoms in total. The second kappa shape index (κ2) is 6.23. The van der Waals surface area contributed by atoms with Gasteiger partial charge >= 0.3 is 0 Å². The summed E-state index contributed by atoms with van der Waals surface area (Å²) in [6.45, 7) is 0. The maximum atomic E-state index is 12.3. The van der Waals surface area contributed by atoms with Gasteiger partial charge in [-0.15, -0.1) is 0 Å². The molecule has 0 N–H and O–H groups in total. The van der Waals surface area contributed by atoms with Gasteiger partial charge in [-0.05, 0) is 34.0 Å². The number of hydrogen-bond acceptors (Lipinski definition) is 1. The molecule has 0 saturated carbocycles. The highest BCUT2D eigenvalue weighted by Gasteiger charge is 2.08. The lowest BCUT2D eigenvalue weighted by Crippen LogP contribution is -2.06. The fraction of sp³-hybridized carbons (Fsp3) is 0.105. The average molecular weight is 339 g/mol. The van der Waals surface area contributed by atoms with Crippen molar-refractivity contribution in [1.29, 1.82) is 0 Å². The van der Waals surface area contributed by atoms with Crippen molar-refractivity contribution < 1.29 is 4.79 Å². The van der Waals surface area contributed by atoms with Crippen LogP contribution in [0.15, 0.2) is 71.2 Å². The highest BCUT2D eigenvalue weighted by atomic mass is 79.9. The van der Waals surface area contributed by atoms with Gasteiger partial charge in [-0.2, -0.15) is 0 Å². The van der Waals surface area contributed by atoms with Gasteiger partial charge in [0.2, 0.25) is 0 Å². The van der Waals surface area contributed by atoms with Crippen molar-refractivity contribution in [3.8, 4) is 0 Å². The van der Waals surface area contributed by atoms with Gasteiger partial charge in [0, 0.05) is 17.3 Å². The second-order valence-electron chi connectivity index (χ2n) is 5.16. The van der Waals surface area contributed by atoms with E-state index in [9.17, 15) is 4.79 Å². The molecule has 3 aromatic carbocycles. The Bertz CT molecular complexity index is 787. The first-order chi connectivity index (χ1) is 10.2. The number of benzene rings is 3. The van der Waals surface area contributed by atoms with Crippen LogP contribution in [0.2, 0.25) is 0 Å². The van der Waals surface area contributed by atoms with E-state index in [0.29, 0.717) is 12.8 Å². The van der Waals surface area contributed by atoms with Gasteiger partial charge in [0.1, 0.15) is 5.78 Å². The molecule has 0 spiro atoms. The smallest absolute Gasteiger partial charge is 0.141 e. The molecule has 0 aromatic heterocycles. The fourth-order valence-electron chi connectivity index (χ4n) is 2.60. The zero-order chi connectivity index (χ0) is 14.7. The molecule has 104 valence electrons. The van der Waals surface area contributed by atoms with Gasteiger partial charge in [-0.1, -0.05) is 70.5 Å². The van der Waals surface area contributed by atoms with Crippen molar-refractivity contribution in [2.75, 3.05) is 0 Å². The standard InChI is InChI=1S/C19H15BrO/c20-17-9-3-5-14(11-17)12-18(21)13-16-8-4-7-15-6-1-2-10-19(15)16/h1-11H,12-13H2. The predicted octanol–water partition coefficient (Wildman–Crippen LogP) is 4.96. The van der Waals surface area contributed by atoms with E-state index in [0.717, 1.165) is 15.6 Å². The Labute approximate surface area is 132 Å². The zero-order valence-corrected chi connectivity index (χ0v) is 13.1. The number of ketones is 1. The molecule has 3 aromatic rings. The summed E-state index contributed by atoms with van der Waals surface area (Å²) >= 11 is 3.44. The van der Waals surface area contributed by atoms with Crippen molar-refractivity contribution in [2.24, 2.45) is 0 Å². The molecular formula is C19H15BrO. The van der Waals surface area contributed by atoms with Gasteiger partial charge in [-0.3, -0.25) is 4.79 Å². The minimum Gasteiger partial charge on any atom is -0.299 e. The van der Waals surface area contributed by atoms with Crippen molar-refractivity contribution in [3.05, 3.63) is 82.3 Å². The number of hydrogen-bond donors (Lipinski definition) is 0. The molecule has 3 rings (SSSR count). The van der Waals surface area contributed by atoms with Gasteiger partial charge in [0.05, 0.1) is 0 Å². The average Bonchev–Trinajstić information content (AvgIpc) is 2.47. The molecule has 0 aliphatic heterocycles. The molecule has 0 aliphatic rings. The molecule has 0 unspecified atom stereocenters. The topological polar surface area (TPSA) is 17.1 Å².